The van der Waals surface area contributed by atoms with Crippen LogP contribution in [0.5, 0.6) is 17.2 Å². The molecule has 1 aromatic heterocycles. The molecule has 50 heavy (non-hydrogen) atoms. The number of carbonyl (C=O) groups excluding carboxylic acids is 2. The molecule has 9 nitrogen and oxygen atoms in total. The summed E-state index contributed by atoms with van der Waals surface area (Å²) in [5, 5.41) is 13.1. The maximum atomic E-state index is 11.8. The number of nitrogens with one attached hydrogen (secondary N) is 1. The maximum Gasteiger partial charge on any atom is 0.217 e. The van der Waals surface area contributed by atoms with Crippen molar-refractivity contribution in [2.45, 2.75) is 57.8 Å². The zero-order valence-electron chi connectivity index (χ0n) is 27.8. The fourth-order valence-electron chi connectivity index (χ4n) is 6.68. The standard InChI is InChI=1S/C39H38Cl2N4O5/c1-25(47)44-29-11-14-45(15-12-29)13-4-16-48-36-8-3-7-33(39(36)41)30-5-2-6-32-31(30)9-10-35(32)50-38-19-37(28(23-46)18-34(38)40)49-24-27-17-26(20-42)21-43-22-27/h2-3,5-8,17-19,21-23,29,35H,4,9-16,24H2,1H3,(H,44,47). The fourth-order valence-corrected chi connectivity index (χ4v) is 7.18. The Hall–Kier alpha value is -4.62. The van der Waals surface area contributed by atoms with Crippen molar-refractivity contribution in [2.75, 3.05) is 26.2 Å². The number of rotatable bonds is 13. The van der Waals surface area contributed by atoms with Gasteiger partial charge in [-0.05, 0) is 67.0 Å². The largest absolute Gasteiger partial charge is 0.492 e. The first kappa shape index (κ1) is 35.2. The predicted octanol–water partition coefficient (Wildman–Crippen LogP) is 7.75. The van der Waals surface area contributed by atoms with Crippen LogP contribution in [0.4, 0.5) is 0 Å². The third kappa shape index (κ3) is 8.39. The van der Waals surface area contributed by atoms with Gasteiger partial charge in [0.15, 0.2) is 6.29 Å². The third-order valence-corrected chi connectivity index (χ3v) is 9.80. The number of amides is 1. The molecule has 11 heteroatoms. The summed E-state index contributed by atoms with van der Waals surface area (Å²) in [5.41, 5.74) is 5.54. The van der Waals surface area contributed by atoms with E-state index in [9.17, 15) is 14.9 Å². The van der Waals surface area contributed by atoms with Gasteiger partial charge < -0.3 is 24.4 Å². The van der Waals surface area contributed by atoms with Crippen LogP contribution >= 0.6 is 23.2 Å². The van der Waals surface area contributed by atoms with Crippen molar-refractivity contribution in [1.29, 1.82) is 5.26 Å². The first-order valence-electron chi connectivity index (χ1n) is 16.8. The summed E-state index contributed by atoms with van der Waals surface area (Å²) >= 11 is 13.6. The summed E-state index contributed by atoms with van der Waals surface area (Å²) in [4.78, 5) is 29.7. The van der Waals surface area contributed by atoms with Gasteiger partial charge in [-0.2, -0.15) is 5.26 Å². The average Bonchev–Trinajstić information content (AvgIpc) is 3.54. The van der Waals surface area contributed by atoms with Gasteiger partial charge in [0.1, 0.15) is 36.0 Å². The molecule has 0 bridgehead atoms. The van der Waals surface area contributed by atoms with Crippen LogP contribution in [0.1, 0.15) is 71.3 Å². The van der Waals surface area contributed by atoms with Gasteiger partial charge in [0, 0.05) is 62.2 Å². The Balaban J connectivity index is 1.11. The van der Waals surface area contributed by atoms with E-state index in [0.717, 1.165) is 74.0 Å². The number of hydrogen-bond donors (Lipinski definition) is 1. The molecule has 1 saturated heterocycles. The molecule has 0 spiro atoms. The Kier molecular flexibility index (Phi) is 11.5. The smallest absolute Gasteiger partial charge is 0.217 e. The fraction of sp³-hybridized carbons (Fsp3) is 0.333. The maximum absolute atomic E-state index is 11.8. The Bertz CT molecular complexity index is 1900. The van der Waals surface area contributed by atoms with Crippen LogP contribution in [0, 0.1) is 11.3 Å². The van der Waals surface area contributed by atoms with Crippen LogP contribution in [0.3, 0.4) is 0 Å². The van der Waals surface area contributed by atoms with E-state index in [2.05, 4.69) is 33.4 Å². The Morgan fingerprint density at radius 3 is 2.60 bits per heavy atom. The van der Waals surface area contributed by atoms with E-state index in [1.807, 2.05) is 24.3 Å². The van der Waals surface area contributed by atoms with E-state index in [1.165, 1.54) is 12.3 Å². The normalized spacial score (nSPS) is 15.9. The first-order chi connectivity index (χ1) is 24.3. The van der Waals surface area contributed by atoms with Crippen molar-refractivity contribution >= 4 is 35.4 Å². The van der Waals surface area contributed by atoms with Gasteiger partial charge in [-0.1, -0.05) is 53.5 Å². The number of piperidine rings is 1. The van der Waals surface area contributed by atoms with Crippen molar-refractivity contribution in [3.05, 3.63) is 105 Å². The number of fused-ring (bicyclic) bond motifs is 1. The lowest BCUT2D eigenvalue weighted by Crippen LogP contribution is -2.44. The van der Waals surface area contributed by atoms with Gasteiger partial charge in [-0.3, -0.25) is 14.6 Å². The second kappa shape index (κ2) is 16.4. The highest BCUT2D eigenvalue weighted by Gasteiger charge is 2.28. The van der Waals surface area contributed by atoms with Gasteiger partial charge in [0.2, 0.25) is 5.91 Å². The molecular weight excluding hydrogens is 675 g/mol. The Labute approximate surface area is 302 Å². The highest BCUT2D eigenvalue weighted by molar-refractivity contribution is 6.35. The predicted molar refractivity (Wildman–Crippen MR) is 192 cm³/mol. The summed E-state index contributed by atoms with van der Waals surface area (Å²) in [5.74, 6) is 1.42. The SMILES string of the molecule is CC(=O)NC1CCN(CCCOc2cccc(-c3cccc4c3CCC4Oc3cc(OCc4cncc(C#N)c4)c(C=O)cc3Cl)c2Cl)CC1. The molecule has 1 atom stereocenters. The van der Waals surface area contributed by atoms with Crippen LogP contribution in [-0.2, 0) is 17.8 Å². The van der Waals surface area contributed by atoms with Crippen molar-refractivity contribution < 1.29 is 23.8 Å². The van der Waals surface area contributed by atoms with Crippen molar-refractivity contribution in [2.24, 2.45) is 0 Å². The average molecular weight is 714 g/mol. The second-order valence-corrected chi connectivity index (χ2v) is 13.4. The second-order valence-electron chi connectivity index (χ2n) is 12.6. The highest BCUT2D eigenvalue weighted by Crippen LogP contribution is 2.45. The van der Waals surface area contributed by atoms with E-state index in [0.29, 0.717) is 56.9 Å². The number of aldehydes is 1. The minimum atomic E-state index is -0.268. The molecule has 258 valence electrons. The number of pyridine rings is 1. The number of carbonyl (C=O) groups is 2. The lowest BCUT2D eigenvalue weighted by molar-refractivity contribution is -0.119. The monoisotopic (exact) mass is 712 g/mol. The summed E-state index contributed by atoms with van der Waals surface area (Å²) in [7, 11) is 0. The van der Waals surface area contributed by atoms with Crippen LogP contribution < -0.4 is 19.5 Å². The molecule has 1 fully saturated rings. The molecule has 2 aliphatic rings. The minimum Gasteiger partial charge on any atom is -0.492 e. The molecule has 0 saturated carbocycles. The number of halogens is 2. The Morgan fingerprint density at radius 1 is 1.02 bits per heavy atom. The van der Waals surface area contributed by atoms with Gasteiger partial charge in [-0.15, -0.1) is 0 Å². The van der Waals surface area contributed by atoms with E-state index < -0.39 is 0 Å². The lowest BCUT2D eigenvalue weighted by atomic mass is 9.96. The van der Waals surface area contributed by atoms with Gasteiger partial charge in [-0.25, -0.2) is 0 Å². The van der Waals surface area contributed by atoms with Crippen molar-refractivity contribution in [3.8, 4) is 34.4 Å². The number of hydrogen-bond acceptors (Lipinski definition) is 8. The number of nitriles is 1. The first-order valence-corrected chi connectivity index (χ1v) is 17.5. The van der Waals surface area contributed by atoms with E-state index in [4.69, 9.17) is 37.4 Å². The van der Waals surface area contributed by atoms with Crippen molar-refractivity contribution in [1.82, 2.24) is 15.2 Å². The van der Waals surface area contributed by atoms with Crippen LogP contribution in [0.2, 0.25) is 10.0 Å². The number of ether oxygens (including phenoxy) is 3. The van der Waals surface area contributed by atoms with Crippen LogP contribution in [-0.4, -0.2) is 54.4 Å². The van der Waals surface area contributed by atoms with E-state index >= 15 is 0 Å². The Morgan fingerprint density at radius 2 is 1.82 bits per heavy atom. The minimum absolute atomic E-state index is 0.0350. The van der Waals surface area contributed by atoms with E-state index in [1.54, 1.807) is 25.3 Å². The molecule has 1 aliphatic heterocycles. The number of benzene rings is 3. The summed E-state index contributed by atoms with van der Waals surface area (Å²) in [6, 6.07) is 19.2. The molecule has 0 radical (unpaired) electrons. The summed E-state index contributed by atoms with van der Waals surface area (Å²) in [6.07, 6.45) is 7.83. The lowest BCUT2D eigenvalue weighted by Gasteiger charge is -2.32. The molecule has 6 rings (SSSR count). The number of likely N-dealkylation sites (tertiary alicyclic amines) is 1. The van der Waals surface area contributed by atoms with Gasteiger partial charge >= 0.3 is 0 Å². The molecule has 1 unspecified atom stereocenters. The molecule has 1 aliphatic carbocycles. The van der Waals surface area contributed by atoms with Gasteiger partial charge in [0.05, 0.1) is 27.8 Å². The molecule has 1 N–H and O–H groups in total. The third-order valence-electron chi connectivity index (χ3n) is 9.12. The molecule has 3 aromatic carbocycles. The zero-order chi connectivity index (χ0) is 35.0. The quantitative estimate of drug-likeness (QED) is 0.111. The van der Waals surface area contributed by atoms with Gasteiger partial charge in [0.25, 0.3) is 0 Å². The molecular formula is C39H38Cl2N4O5. The van der Waals surface area contributed by atoms with Crippen LogP contribution in [0.15, 0.2) is 67.0 Å². The highest BCUT2D eigenvalue weighted by atomic mass is 35.5. The van der Waals surface area contributed by atoms with E-state index in [-0.39, 0.29) is 24.7 Å². The number of nitrogens with zero attached hydrogens (tertiary/aromatic N) is 3. The number of aromatic nitrogens is 1. The topological polar surface area (TPSA) is 114 Å². The molecule has 1 amide bonds. The molecule has 2 heterocycles. The van der Waals surface area contributed by atoms with Crippen molar-refractivity contribution in [3.63, 3.8) is 0 Å². The zero-order valence-corrected chi connectivity index (χ0v) is 29.3. The summed E-state index contributed by atoms with van der Waals surface area (Å²) in [6.45, 7) is 5.10. The van der Waals surface area contributed by atoms with Crippen LogP contribution in [0.25, 0.3) is 11.1 Å². The molecule has 4 aromatic rings. The summed E-state index contributed by atoms with van der Waals surface area (Å²) < 4.78 is 18.6.